The predicted molar refractivity (Wildman–Crippen MR) is 119 cm³/mol. The summed E-state index contributed by atoms with van der Waals surface area (Å²) in [5, 5.41) is 26.9. The van der Waals surface area contributed by atoms with Crippen molar-refractivity contribution in [2.45, 2.75) is 6.42 Å². The van der Waals surface area contributed by atoms with E-state index >= 15 is 0 Å². The molecule has 9 heteroatoms. The molecule has 4 N–H and O–H groups in total. The number of nitrogens with zero attached hydrogens (tertiary/aromatic N) is 4. The van der Waals surface area contributed by atoms with E-state index in [-0.39, 0.29) is 12.6 Å². The maximum absolute atomic E-state index is 11.5. The molecule has 156 valence electrons. The van der Waals surface area contributed by atoms with E-state index in [0.717, 1.165) is 16.8 Å². The van der Waals surface area contributed by atoms with Gasteiger partial charge in [-0.2, -0.15) is 5.26 Å². The lowest BCUT2D eigenvalue weighted by Crippen LogP contribution is -2.24. The highest BCUT2D eigenvalue weighted by Gasteiger charge is 2.15. The molecule has 0 aliphatic carbocycles. The maximum atomic E-state index is 11.5. The van der Waals surface area contributed by atoms with Crippen molar-refractivity contribution in [2.75, 3.05) is 30.8 Å². The first-order chi connectivity index (χ1) is 15.1. The van der Waals surface area contributed by atoms with Gasteiger partial charge < -0.3 is 21.1 Å². The van der Waals surface area contributed by atoms with Crippen LogP contribution in [-0.2, 0) is 0 Å². The van der Waals surface area contributed by atoms with Crippen LogP contribution in [0.25, 0.3) is 27.9 Å². The van der Waals surface area contributed by atoms with Gasteiger partial charge in [0.15, 0.2) is 11.5 Å². The van der Waals surface area contributed by atoms with Crippen LogP contribution in [0.15, 0.2) is 48.7 Å². The number of anilines is 2. The van der Waals surface area contributed by atoms with Crippen molar-refractivity contribution < 1.29 is 9.90 Å². The SMILES string of the molecule is CNC(=O)Nc1ccc(-c2cnc3c(NCCCO)nc4cc(C#N)ccc4n23)cc1. The Morgan fingerprint density at radius 1 is 1.23 bits per heavy atom. The third-order valence-electron chi connectivity index (χ3n) is 4.84. The lowest BCUT2D eigenvalue weighted by Gasteiger charge is -2.12. The van der Waals surface area contributed by atoms with E-state index in [4.69, 9.17) is 5.11 Å². The van der Waals surface area contributed by atoms with Gasteiger partial charge in [-0.25, -0.2) is 14.8 Å². The molecule has 0 aliphatic rings. The molecule has 0 bridgehead atoms. The summed E-state index contributed by atoms with van der Waals surface area (Å²) in [7, 11) is 1.56. The molecule has 0 radical (unpaired) electrons. The van der Waals surface area contributed by atoms with E-state index in [2.05, 4.69) is 32.0 Å². The molecule has 0 saturated heterocycles. The van der Waals surface area contributed by atoms with Gasteiger partial charge in [0.25, 0.3) is 0 Å². The number of hydrogen-bond donors (Lipinski definition) is 4. The molecule has 9 nitrogen and oxygen atoms in total. The summed E-state index contributed by atoms with van der Waals surface area (Å²) in [6.45, 7) is 0.621. The van der Waals surface area contributed by atoms with Crippen molar-refractivity contribution in [1.29, 1.82) is 5.26 Å². The molecule has 0 unspecified atom stereocenters. The number of hydrogen-bond acceptors (Lipinski definition) is 6. The van der Waals surface area contributed by atoms with Crippen LogP contribution >= 0.6 is 0 Å². The number of urea groups is 1. The standard InChI is InChI=1S/C22H21N7O2/c1-24-22(31)27-16-6-4-15(5-7-16)19-13-26-21-20(25-9-2-10-30)28-17-11-14(12-23)3-8-18(17)29(19)21/h3-8,11,13,30H,2,9-10H2,1H3,(H,25,28)(H2,24,27,31). The number of nitriles is 1. The predicted octanol–water partition coefficient (Wildman–Crippen LogP) is 2.97. The molecule has 2 aromatic heterocycles. The number of aliphatic hydroxyl groups excluding tert-OH is 1. The summed E-state index contributed by atoms with van der Waals surface area (Å²) in [5.41, 5.74) is 5.09. The number of carbonyl (C=O) groups is 1. The fraction of sp³-hybridized carbons (Fsp3) is 0.182. The number of aliphatic hydroxyl groups is 1. The number of rotatable bonds is 6. The lowest BCUT2D eigenvalue weighted by atomic mass is 10.1. The van der Waals surface area contributed by atoms with Crippen LogP contribution in [0.1, 0.15) is 12.0 Å². The molecule has 0 fully saturated rings. The van der Waals surface area contributed by atoms with Gasteiger partial charge in [0.2, 0.25) is 0 Å². The third-order valence-corrected chi connectivity index (χ3v) is 4.84. The van der Waals surface area contributed by atoms with Gasteiger partial charge >= 0.3 is 6.03 Å². The average Bonchev–Trinajstić information content (AvgIpc) is 3.25. The largest absolute Gasteiger partial charge is 0.396 e. The zero-order valence-electron chi connectivity index (χ0n) is 16.9. The van der Waals surface area contributed by atoms with Gasteiger partial charge in [-0.05, 0) is 36.8 Å². The highest BCUT2D eigenvalue weighted by atomic mass is 16.3. The number of imidazole rings is 1. The Morgan fingerprint density at radius 2 is 2.03 bits per heavy atom. The van der Waals surface area contributed by atoms with E-state index in [0.29, 0.717) is 41.2 Å². The van der Waals surface area contributed by atoms with Gasteiger partial charge in [-0.3, -0.25) is 4.40 Å². The molecule has 0 aliphatic heterocycles. The lowest BCUT2D eigenvalue weighted by molar-refractivity contribution is 0.254. The smallest absolute Gasteiger partial charge is 0.318 e. The summed E-state index contributed by atoms with van der Waals surface area (Å²) < 4.78 is 1.99. The van der Waals surface area contributed by atoms with E-state index < -0.39 is 0 Å². The van der Waals surface area contributed by atoms with Crippen molar-refractivity contribution in [1.82, 2.24) is 19.7 Å². The first-order valence-corrected chi connectivity index (χ1v) is 9.80. The van der Waals surface area contributed by atoms with Crippen LogP contribution in [0, 0.1) is 11.3 Å². The monoisotopic (exact) mass is 415 g/mol. The average molecular weight is 415 g/mol. The van der Waals surface area contributed by atoms with Crippen molar-refractivity contribution in [2.24, 2.45) is 0 Å². The van der Waals surface area contributed by atoms with E-state index in [1.165, 1.54) is 0 Å². The van der Waals surface area contributed by atoms with Crippen LogP contribution in [0.2, 0.25) is 0 Å². The van der Waals surface area contributed by atoms with Crippen molar-refractivity contribution in [3.8, 4) is 17.3 Å². The normalized spacial score (nSPS) is 10.7. The molecule has 2 amide bonds. The second-order valence-corrected chi connectivity index (χ2v) is 6.86. The van der Waals surface area contributed by atoms with Crippen LogP contribution in [0.4, 0.5) is 16.3 Å². The van der Waals surface area contributed by atoms with E-state index in [9.17, 15) is 10.1 Å². The second-order valence-electron chi connectivity index (χ2n) is 6.86. The van der Waals surface area contributed by atoms with Crippen LogP contribution in [-0.4, -0.2) is 45.7 Å². The van der Waals surface area contributed by atoms with E-state index in [1.807, 2.05) is 34.7 Å². The molecule has 0 spiro atoms. The van der Waals surface area contributed by atoms with Crippen molar-refractivity contribution in [3.05, 3.63) is 54.2 Å². The Kier molecular flexibility index (Phi) is 5.64. The van der Waals surface area contributed by atoms with Gasteiger partial charge in [-0.15, -0.1) is 0 Å². The summed E-state index contributed by atoms with van der Waals surface area (Å²) in [4.78, 5) is 20.8. The minimum Gasteiger partial charge on any atom is -0.396 e. The Morgan fingerprint density at radius 3 is 2.74 bits per heavy atom. The minimum atomic E-state index is -0.286. The Bertz CT molecular complexity index is 1290. The van der Waals surface area contributed by atoms with Gasteiger partial charge in [0.1, 0.15) is 0 Å². The van der Waals surface area contributed by atoms with Gasteiger partial charge in [0, 0.05) is 31.5 Å². The molecular formula is C22H21N7O2. The second kappa shape index (κ2) is 8.69. The number of carbonyl (C=O) groups excluding carboxylic acids is 1. The molecule has 4 aromatic rings. The number of amides is 2. The summed E-state index contributed by atoms with van der Waals surface area (Å²) in [6.07, 6.45) is 2.35. The summed E-state index contributed by atoms with van der Waals surface area (Å²) in [6, 6.07) is 14.7. The fourth-order valence-electron chi connectivity index (χ4n) is 3.33. The summed E-state index contributed by atoms with van der Waals surface area (Å²) in [5.74, 6) is 0.584. The first kappa shape index (κ1) is 20.1. The Hall–Kier alpha value is -4.16. The zero-order valence-corrected chi connectivity index (χ0v) is 16.9. The first-order valence-electron chi connectivity index (χ1n) is 9.80. The van der Waals surface area contributed by atoms with Gasteiger partial charge in [-0.1, -0.05) is 12.1 Å². The van der Waals surface area contributed by atoms with Crippen LogP contribution in [0.5, 0.6) is 0 Å². The highest BCUT2D eigenvalue weighted by molar-refractivity contribution is 5.90. The van der Waals surface area contributed by atoms with Crippen molar-refractivity contribution >= 4 is 34.2 Å². The molecular weight excluding hydrogens is 394 g/mol. The number of benzene rings is 2. The number of nitrogens with one attached hydrogen (secondary N) is 3. The highest BCUT2D eigenvalue weighted by Crippen LogP contribution is 2.29. The topological polar surface area (TPSA) is 127 Å². The molecule has 0 atom stereocenters. The molecule has 31 heavy (non-hydrogen) atoms. The van der Waals surface area contributed by atoms with Crippen molar-refractivity contribution in [3.63, 3.8) is 0 Å². The number of aromatic nitrogens is 3. The fourth-order valence-corrected chi connectivity index (χ4v) is 3.33. The molecule has 2 aromatic carbocycles. The quantitative estimate of drug-likeness (QED) is 0.359. The van der Waals surface area contributed by atoms with Gasteiger partial charge in [0.05, 0.1) is 34.6 Å². The summed E-state index contributed by atoms with van der Waals surface area (Å²) >= 11 is 0. The van der Waals surface area contributed by atoms with E-state index in [1.54, 1.807) is 25.4 Å². The Labute approximate surface area is 178 Å². The molecule has 0 saturated carbocycles. The minimum absolute atomic E-state index is 0.0750. The third kappa shape index (κ3) is 3.97. The molecule has 2 heterocycles. The van der Waals surface area contributed by atoms with Crippen LogP contribution < -0.4 is 16.0 Å². The number of fused-ring (bicyclic) bond motifs is 3. The zero-order chi connectivity index (χ0) is 21.8. The molecule has 4 rings (SSSR count). The van der Waals surface area contributed by atoms with Crippen LogP contribution in [0.3, 0.4) is 0 Å². The Balaban J connectivity index is 1.84. The maximum Gasteiger partial charge on any atom is 0.318 e.